The van der Waals surface area contributed by atoms with Crippen LogP contribution in [0.25, 0.3) is 0 Å². The van der Waals surface area contributed by atoms with Crippen LogP contribution in [0.1, 0.15) is 32.6 Å². The van der Waals surface area contributed by atoms with Gasteiger partial charge in [0.05, 0.1) is 19.3 Å². The van der Waals surface area contributed by atoms with Gasteiger partial charge in [-0.05, 0) is 25.2 Å². The molecule has 0 aliphatic heterocycles. The molecule has 0 heterocycles. The predicted molar refractivity (Wildman–Crippen MR) is 133 cm³/mol. The molecule has 0 aromatic rings. The molecule has 12 atom stereocenters. The number of nitrogens with one attached hydrogen (secondary N) is 3. The number of amides is 1. The van der Waals surface area contributed by atoms with E-state index >= 15 is 0 Å². The van der Waals surface area contributed by atoms with Crippen LogP contribution < -0.4 is 16.0 Å². The third-order valence-corrected chi connectivity index (χ3v) is 6.22. The van der Waals surface area contributed by atoms with Gasteiger partial charge < -0.3 is 71.7 Å². The minimum Gasteiger partial charge on any atom is -0.480 e. The van der Waals surface area contributed by atoms with Crippen LogP contribution in [0.3, 0.4) is 0 Å². The van der Waals surface area contributed by atoms with Gasteiger partial charge in [0.1, 0.15) is 55.1 Å². The Labute approximate surface area is 230 Å². The van der Waals surface area contributed by atoms with Gasteiger partial charge >= 0.3 is 5.97 Å². The van der Waals surface area contributed by atoms with Crippen molar-refractivity contribution in [2.75, 3.05) is 19.8 Å². The summed E-state index contributed by atoms with van der Waals surface area (Å²) >= 11 is 0. The molecule has 0 unspecified atom stereocenters. The van der Waals surface area contributed by atoms with E-state index in [2.05, 4.69) is 10.6 Å². The third kappa shape index (κ3) is 13.8. The molecule has 0 saturated carbocycles. The molecule has 0 aliphatic carbocycles. The van der Waals surface area contributed by atoms with E-state index in [1.165, 1.54) is 6.92 Å². The molecule has 0 rings (SSSR count). The lowest BCUT2D eigenvalue weighted by atomic mass is 10.0. The minimum atomic E-state index is -2.00. The second-order valence-electron chi connectivity index (χ2n) is 9.56. The molecule has 1 amide bonds. The maximum atomic E-state index is 12.0. The van der Waals surface area contributed by atoms with Gasteiger partial charge in [0.15, 0.2) is 6.23 Å². The first-order valence-electron chi connectivity index (χ1n) is 12.6. The first kappa shape index (κ1) is 38.4. The lowest BCUT2D eigenvalue weighted by Crippen LogP contribution is -2.52. The Morgan fingerprint density at radius 1 is 0.675 bits per heavy atom. The molecule has 0 radical (unpaired) electrons. The molecule has 0 bridgehead atoms. The topological polar surface area (TPSA) is 333 Å². The first-order chi connectivity index (χ1) is 18.6. The second-order valence-corrected chi connectivity index (χ2v) is 9.56. The minimum absolute atomic E-state index is 0.0157. The second kappa shape index (κ2) is 19.5. The molecular weight excluding hydrogens is 546 g/mol. The van der Waals surface area contributed by atoms with E-state index < -0.39 is 105 Å². The van der Waals surface area contributed by atoms with Gasteiger partial charge in [-0.25, -0.2) is 0 Å². The Hall–Kier alpha value is -1.62. The van der Waals surface area contributed by atoms with Crippen LogP contribution in [0.15, 0.2) is 0 Å². The number of hydrogen-bond acceptors (Lipinski definition) is 16. The fourth-order valence-electron chi connectivity index (χ4n) is 3.38. The maximum absolute atomic E-state index is 12.0. The summed E-state index contributed by atoms with van der Waals surface area (Å²) in [5, 5.41) is 131. The number of carbonyl (C=O) groups is 2. The van der Waals surface area contributed by atoms with E-state index in [9.17, 15) is 65.8 Å². The van der Waals surface area contributed by atoms with Gasteiger partial charge in [-0.2, -0.15) is 0 Å². The lowest BCUT2D eigenvalue weighted by Gasteiger charge is -2.27. The normalized spacial score (nSPS) is 21.1. The molecule has 18 heteroatoms. The lowest BCUT2D eigenvalue weighted by molar-refractivity contribution is -0.142. The molecule has 238 valence electrons. The van der Waals surface area contributed by atoms with Gasteiger partial charge in [-0.3, -0.25) is 20.2 Å². The van der Waals surface area contributed by atoms with Crippen LogP contribution in [-0.2, 0) is 9.59 Å². The van der Waals surface area contributed by atoms with E-state index in [4.69, 9.17) is 10.2 Å². The average Bonchev–Trinajstić information content (AvgIpc) is 2.93. The summed E-state index contributed by atoms with van der Waals surface area (Å²) in [4.78, 5) is 23.6. The van der Waals surface area contributed by atoms with Gasteiger partial charge in [-0.15, -0.1) is 0 Å². The van der Waals surface area contributed by atoms with Crippen molar-refractivity contribution in [1.29, 1.82) is 0 Å². The van der Waals surface area contributed by atoms with Gasteiger partial charge in [-0.1, -0.05) is 6.92 Å². The Bertz CT molecular complexity index is 723. The van der Waals surface area contributed by atoms with Crippen molar-refractivity contribution >= 4 is 11.9 Å². The number of hydrogen-bond donors (Lipinski definition) is 16. The number of carboxylic acid groups (broad SMARTS) is 1. The molecule has 0 aliphatic rings. The van der Waals surface area contributed by atoms with Gasteiger partial charge in [0, 0.05) is 13.0 Å². The summed E-state index contributed by atoms with van der Waals surface area (Å²) in [5.74, 6) is -2.86. The summed E-state index contributed by atoms with van der Waals surface area (Å²) < 4.78 is 0. The van der Waals surface area contributed by atoms with Crippen molar-refractivity contribution in [3.63, 3.8) is 0 Å². The van der Waals surface area contributed by atoms with Crippen LogP contribution in [-0.4, -0.2) is 165 Å². The zero-order valence-electron chi connectivity index (χ0n) is 22.0. The summed E-state index contributed by atoms with van der Waals surface area (Å²) in [6, 6.07) is -1.35. The summed E-state index contributed by atoms with van der Waals surface area (Å²) in [6.45, 7) is -0.735. The number of aliphatic hydroxyl groups excluding tert-OH is 12. The monoisotopic (exact) mass is 591 g/mol. The van der Waals surface area contributed by atoms with Crippen molar-refractivity contribution < 1.29 is 76.0 Å². The maximum Gasteiger partial charge on any atom is 0.320 e. The predicted octanol–water partition coefficient (Wildman–Crippen LogP) is -7.60. The zero-order valence-corrected chi connectivity index (χ0v) is 22.0. The van der Waals surface area contributed by atoms with E-state index in [1.807, 2.05) is 5.32 Å². The van der Waals surface area contributed by atoms with Crippen molar-refractivity contribution in [3.05, 3.63) is 0 Å². The van der Waals surface area contributed by atoms with Crippen molar-refractivity contribution in [3.8, 4) is 0 Å². The highest BCUT2D eigenvalue weighted by molar-refractivity contribution is 5.76. The summed E-state index contributed by atoms with van der Waals surface area (Å²) in [6.07, 6.45) is -18.3. The Morgan fingerprint density at radius 3 is 1.68 bits per heavy atom. The average molecular weight is 592 g/mol. The van der Waals surface area contributed by atoms with E-state index in [0.29, 0.717) is 0 Å². The molecule has 0 spiro atoms. The number of rotatable bonds is 22. The largest absolute Gasteiger partial charge is 0.480 e. The summed E-state index contributed by atoms with van der Waals surface area (Å²) in [5.41, 5.74) is 0. The smallest absolute Gasteiger partial charge is 0.320 e. The number of aliphatic hydroxyl groups is 12. The van der Waals surface area contributed by atoms with Gasteiger partial charge in [0.25, 0.3) is 0 Å². The van der Waals surface area contributed by atoms with Crippen molar-refractivity contribution in [1.82, 2.24) is 16.0 Å². The summed E-state index contributed by atoms with van der Waals surface area (Å²) in [7, 11) is 0. The van der Waals surface area contributed by atoms with E-state index in [-0.39, 0.29) is 25.7 Å². The van der Waals surface area contributed by atoms with Crippen LogP contribution in [0, 0.1) is 5.92 Å². The molecule has 16 N–H and O–H groups in total. The molecule has 18 nitrogen and oxygen atoms in total. The number of carboxylic acids is 1. The van der Waals surface area contributed by atoms with Crippen LogP contribution in [0.4, 0.5) is 0 Å². The van der Waals surface area contributed by atoms with Crippen molar-refractivity contribution in [2.24, 2.45) is 5.92 Å². The highest BCUT2D eigenvalue weighted by Gasteiger charge is 2.32. The van der Waals surface area contributed by atoms with E-state index in [1.54, 1.807) is 0 Å². The first-order valence-corrected chi connectivity index (χ1v) is 12.6. The standard InChI is InChI=1S/C22H45N3O15/c1-9(2-4-15(32)25-21(38)19(36)18(35)13(30)8-27)20(37)24-10(22(39)40)3-5-14(31)23-6-11(28)16(33)17(34)12(29)7-26/h9-14,16-21,23-24,26-31,33-38H,2-8H2,1H3,(H,25,32)(H,39,40)/t9-,10-,11+,12-,13+,14+,16-,17-,18+,19-,20+,21+/m0/s1. The van der Waals surface area contributed by atoms with Gasteiger partial charge in [0.2, 0.25) is 5.91 Å². The Morgan fingerprint density at radius 2 is 1.18 bits per heavy atom. The SMILES string of the molecule is C[C@@H](CCC(=O)N[C@H](O)[C@@H](O)[C@H](O)[C@H](O)CO)[C@@H](O)N[C@@H](CC[C@@H](O)NC[C@@H](O)[C@H](O)[C@@H](O)[C@@H](O)CO)C(=O)O. The van der Waals surface area contributed by atoms with Crippen molar-refractivity contribution in [2.45, 2.75) is 100 Å². The molecule has 0 saturated heterocycles. The number of carbonyl (C=O) groups excluding carboxylic acids is 1. The molecule has 0 aromatic heterocycles. The third-order valence-electron chi connectivity index (χ3n) is 6.22. The molecule has 0 fully saturated rings. The molecule has 0 aromatic carbocycles. The molecular formula is C22H45N3O15. The highest BCUT2D eigenvalue weighted by Crippen LogP contribution is 2.13. The van der Waals surface area contributed by atoms with Crippen LogP contribution in [0.2, 0.25) is 0 Å². The number of aliphatic carboxylic acids is 1. The zero-order chi connectivity index (χ0) is 31.2. The highest BCUT2D eigenvalue weighted by atomic mass is 16.4. The fourth-order valence-corrected chi connectivity index (χ4v) is 3.38. The van der Waals surface area contributed by atoms with Crippen LogP contribution >= 0.6 is 0 Å². The fraction of sp³-hybridized carbons (Fsp3) is 0.909. The Kier molecular flexibility index (Phi) is 18.7. The molecule has 40 heavy (non-hydrogen) atoms. The Balaban J connectivity index is 4.63. The van der Waals surface area contributed by atoms with E-state index in [0.717, 1.165) is 0 Å². The quantitative estimate of drug-likeness (QED) is 0.0519. The van der Waals surface area contributed by atoms with Crippen LogP contribution in [0.5, 0.6) is 0 Å².